The number of nitrogens with zero attached hydrogens (tertiary/aromatic N) is 3. The van der Waals surface area contributed by atoms with E-state index < -0.39 is 6.10 Å². The lowest BCUT2D eigenvalue weighted by molar-refractivity contribution is 0.0835. The average molecular weight is 456 g/mol. The lowest BCUT2D eigenvalue weighted by atomic mass is 9.89. The molecule has 1 unspecified atom stereocenters. The molecule has 1 atom stereocenters. The highest BCUT2D eigenvalue weighted by Crippen LogP contribution is 2.31. The van der Waals surface area contributed by atoms with E-state index in [9.17, 15) is 10.2 Å². The maximum absolute atomic E-state index is 9.94. The Morgan fingerprint density at radius 2 is 1.94 bits per heavy atom. The van der Waals surface area contributed by atoms with Crippen LogP contribution < -0.4 is 20.3 Å². The molecular weight excluding hydrogens is 418 g/mol. The largest absolute Gasteiger partial charge is 0.491 e. The molecule has 1 aromatic carbocycles. The zero-order chi connectivity index (χ0) is 23.2. The summed E-state index contributed by atoms with van der Waals surface area (Å²) in [7, 11) is 3.93. The van der Waals surface area contributed by atoms with Gasteiger partial charge >= 0.3 is 0 Å². The number of aliphatic hydroxyl groups is 2. The summed E-state index contributed by atoms with van der Waals surface area (Å²) in [6.45, 7) is 0.690. The van der Waals surface area contributed by atoms with E-state index in [-0.39, 0.29) is 18.8 Å². The van der Waals surface area contributed by atoms with Gasteiger partial charge in [-0.15, -0.1) is 0 Å². The van der Waals surface area contributed by atoms with Crippen LogP contribution >= 0.6 is 0 Å². The Kier molecular flexibility index (Phi) is 8.01. The number of aliphatic hydroxyl groups excluding tert-OH is 2. The first-order valence-electron chi connectivity index (χ1n) is 12.1. The molecular formula is C25H37N5O3. The molecule has 2 aliphatic carbocycles. The van der Waals surface area contributed by atoms with Crippen molar-refractivity contribution in [1.29, 1.82) is 0 Å². The topological polar surface area (TPSA) is 103 Å². The zero-order valence-corrected chi connectivity index (χ0v) is 19.7. The van der Waals surface area contributed by atoms with E-state index in [1.807, 2.05) is 30.3 Å². The highest BCUT2D eigenvalue weighted by molar-refractivity contribution is 5.63. The number of likely N-dealkylation sites (N-methyl/N-ethyl adjacent to an activating group) is 1. The van der Waals surface area contributed by atoms with Crippen molar-refractivity contribution in [3.05, 3.63) is 30.3 Å². The number of nitrogens with one attached hydrogen (secondary N) is 2. The van der Waals surface area contributed by atoms with Crippen molar-refractivity contribution >= 4 is 11.6 Å². The van der Waals surface area contributed by atoms with Gasteiger partial charge in [0.2, 0.25) is 0 Å². The fourth-order valence-corrected chi connectivity index (χ4v) is 4.60. The first-order valence-corrected chi connectivity index (χ1v) is 12.1. The number of hydrogen-bond acceptors (Lipinski definition) is 8. The molecule has 0 aliphatic heterocycles. The van der Waals surface area contributed by atoms with Crippen LogP contribution in [-0.2, 0) is 0 Å². The number of hydrogen-bond donors (Lipinski definition) is 4. The van der Waals surface area contributed by atoms with E-state index >= 15 is 0 Å². The quantitative estimate of drug-likeness (QED) is 0.434. The van der Waals surface area contributed by atoms with Crippen LogP contribution in [0.1, 0.15) is 44.9 Å². The number of rotatable bonds is 10. The third-order valence-corrected chi connectivity index (χ3v) is 6.64. The van der Waals surface area contributed by atoms with Gasteiger partial charge in [0.15, 0.2) is 5.82 Å². The van der Waals surface area contributed by atoms with Crippen LogP contribution in [0.25, 0.3) is 11.4 Å². The maximum Gasteiger partial charge on any atom is 0.163 e. The van der Waals surface area contributed by atoms with Crippen LogP contribution in [0.2, 0.25) is 0 Å². The Bertz CT molecular complexity index is 899. The van der Waals surface area contributed by atoms with E-state index in [2.05, 4.69) is 22.6 Å². The molecule has 2 fully saturated rings. The summed E-state index contributed by atoms with van der Waals surface area (Å²) in [4.78, 5) is 12.0. The molecule has 33 heavy (non-hydrogen) atoms. The molecule has 0 amide bonds. The summed E-state index contributed by atoms with van der Waals surface area (Å²) in [5, 5.41) is 26.0. The van der Waals surface area contributed by atoms with Crippen LogP contribution in [0.5, 0.6) is 5.75 Å². The minimum absolute atomic E-state index is 0.215. The predicted molar refractivity (Wildman–Crippen MR) is 131 cm³/mol. The van der Waals surface area contributed by atoms with Crippen molar-refractivity contribution in [3.63, 3.8) is 0 Å². The highest BCUT2D eigenvalue weighted by Gasteiger charge is 2.28. The Balaban J connectivity index is 1.57. The van der Waals surface area contributed by atoms with Gasteiger partial charge in [0.05, 0.1) is 6.10 Å². The molecule has 8 nitrogen and oxygen atoms in total. The van der Waals surface area contributed by atoms with Crippen molar-refractivity contribution in [2.45, 2.75) is 69.2 Å². The first-order chi connectivity index (χ1) is 16.0. The molecule has 2 aliphatic rings. The highest BCUT2D eigenvalue weighted by atomic mass is 16.5. The molecule has 0 bridgehead atoms. The summed E-state index contributed by atoms with van der Waals surface area (Å²) < 4.78 is 5.79. The van der Waals surface area contributed by atoms with Crippen LogP contribution in [0.4, 0.5) is 11.6 Å². The SMILES string of the molecule is CNCC(O)COc1cccc(-c2nc(N[C@H]3C[C@H](O)C3)cc(N(C)C3CCCCC3)n2)c1. The normalized spacial score (nSPS) is 21.8. The van der Waals surface area contributed by atoms with E-state index in [0.29, 0.717) is 24.2 Å². The Hall–Kier alpha value is -2.42. The molecule has 8 heteroatoms. The fourth-order valence-electron chi connectivity index (χ4n) is 4.60. The molecule has 0 radical (unpaired) electrons. The Morgan fingerprint density at radius 3 is 2.67 bits per heavy atom. The third kappa shape index (κ3) is 6.34. The fraction of sp³-hybridized carbons (Fsp3) is 0.600. The smallest absolute Gasteiger partial charge is 0.163 e. The minimum atomic E-state index is -0.573. The standard InChI is InChI=1S/C25H37N5O3/c1-26-15-21(32)16-33-22-10-6-7-17(11-22)25-28-23(27-18-12-20(31)13-18)14-24(29-25)30(2)19-8-4-3-5-9-19/h6-7,10-11,14,18-21,26,31-32H,3-5,8-9,12-13,15-16H2,1-2H3,(H,27,28,29)/t18-,20-,21?. The van der Waals surface area contributed by atoms with Crippen molar-refractivity contribution in [3.8, 4) is 17.1 Å². The van der Waals surface area contributed by atoms with Crippen LogP contribution in [0, 0.1) is 0 Å². The van der Waals surface area contributed by atoms with Crippen molar-refractivity contribution in [2.24, 2.45) is 0 Å². The molecule has 2 aromatic rings. The number of benzene rings is 1. The average Bonchev–Trinajstić information content (AvgIpc) is 2.82. The first kappa shape index (κ1) is 23.7. The van der Waals surface area contributed by atoms with Gasteiger partial charge in [-0.1, -0.05) is 31.4 Å². The van der Waals surface area contributed by atoms with Crippen LogP contribution in [-0.4, -0.2) is 71.7 Å². The summed E-state index contributed by atoms with van der Waals surface area (Å²) in [5.74, 6) is 3.00. The summed E-state index contributed by atoms with van der Waals surface area (Å²) >= 11 is 0. The lowest BCUT2D eigenvalue weighted by Crippen LogP contribution is -2.39. The van der Waals surface area contributed by atoms with Gasteiger partial charge in [0, 0.05) is 37.3 Å². The molecule has 4 rings (SSSR count). The zero-order valence-electron chi connectivity index (χ0n) is 19.7. The van der Waals surface area contributed by atoms with E-state index in [1.54, 1.807) is 7.05 Å². The van der Waals surface area contributed by atoms with Gasteiger partial charge in [0.25, 0.3) is 0 Å². The van der Waals surface area contributed by atoms with E-state index in [0.717, 1.165) is 30.0 Å². The molecule has 2 saturated carbocycles. The van der Waals surface area contributed by atoms with Gasteiger partial charge < -0.3 is 30.5 Å². The van der Waals surface area contributed by atoms with Crippen LogP contribution in [0.3, 0.4) is 0 Å². The van der Waals surface area contributed by atoms with Gasteiger partial charge in [-0.25, -0.2) is 9.97 Å². The van der Waals surface area contributed by atoms with Gasteiger partial charge in [-0.3, -0.25) is 0 Å². The molecule has 180 valence electrons. The van der Waals surface area contributed by atoms with Gasteiger partial charge in [-0.05, 0) is 44.9 Å². The summed E-state index contributed by atoms with van der Waals surface area (Å²) in [6, 6.07) is 10.4. The summed E-state index contributed by atoms with van der Waals surface area (Å²) in [6.07, 6.45) is 6.89. The molecule has 0 spiro atoms. The predicted octanol–water partition coefficient (Wildman–Crippen LogP) is 2.81. The minimum Gasteiger partial charge on any atom is -0.491 e. The van der Waals surface area contributed by atoms with Crippen molar-refractivity contribution in [2.75, 3.05) is 37.5 Å². The van der Waals surface area contributed by atoms with Crippen LogP contribution in [0.15, 0.2) is 30.3 Å². The number of aromatic nitrogens is 2. The van der Waals surface area contributed by atoms with E-state index in [4.69, 9.17) is 14.7 Å². The molecule has 1 aromatic heterocycles. The van der Waals surface area contributed by atoms with E-state index in [1.165, 1.54) is 32.1 Å². The third-order valence-electron chi connectivity index (χ3n) is 6.64. The second-order valence-electron chi connectivity index (χ2n) is 9.35. The lowest BCUT2D eigenvalue weighted by Gasteiger charge is -2.34. The Morgan fingerprint density at radius 1 is 1.15 bits per heavy atom. The van der Waals surface area contributed by atoms with Gasteiger partial charge in [0.1, 0.15) is 30.1 Å². The number of ether oxygens (including phenoxy) is 1. The second-order valence-corrected chi connectivity index (χ2v) is 9.35. The van der Waals surface area contributed by atoms with Crippen molar-refractivity contribution in [1.82, 2.24) is 15.3 Å². The molecule has 1 heterocycles. The maximum atomic E-state index is 9.94. The molecule has 4 N–H and O–H groups in total. The van der Waals surface area contributed by atoms with Gasteiger partial charge in [-0.2, -0.15) is 0 Å². The number of anilines is 2. The van der Waals surface area contributed by atoms with Crippen molar-refractivity contribution < 1.29 is 14.9 Å². The Labute approximate surface area is 196 Å². The summed E-state index contributed by atoms with van der Waals surface area (Å²) in [5.41, 5.74) is 0.867. The monoisotopic (exact) mass is 455 g/mol. The molecule has 0 saturated heterocycles. The second kappa shape index (κ2) is 11.1.